The van der Waals surface area contributed by atoms with E-state index >= 15 is 0 Å². The zero-order valence-electron chi connectivity index (χ0n) is 17.0. The summed E-state index contributed by atoms with van der Waals surface area (Å²) in [5.74, 6) is 0.855. The number of nitrogen functional groups attached to an aromatic ring is 1. The second-order valence-electron chi connectivity index (χ2n) is 8.23. The van der Waals surface area contributed by atoms with Crippen molar-refractivity contribution in [1.29, 1.82) is 0 Å². The smallest absolute Gasteiger partial charge is 0.179 e. The van der Waals surface area contributed by atoms with Gasteiger partial charge in [0.1, 0.15) is 0 Å². The van der Waals surface area contributed by atoms with Gasteiger partial charge in [-0.1, -0.05) is 23.7 Å². The molecule has 0 spiro atoms. The summed E-state index contributed by atoms with van der Waals surface area (Å²) in [6.45, 7) is 0. The fraction of sp³-hybridized carbons (Fsp3) is 0.261. The number of fused-ring (bicyclic) bond motifs is 2. The van der Waals surface area contributed by atoms with Crippen LogP contribution in [0, 0.1) is 0 Å². The van der Waals surface area contributed by atoms with E-state index < -0.39 is 0 Å². The third-order valence-electron chi connectivity index (χ3n) is 6.26. The molecule has 0 amide bonds. The average Bonchev–Trinajstić information content (AvgIpc) is 3.54. The molecule has 1 aromatic carbocycles. The Balaban J connectivity index is 1.48. The van der Waals surface area contributed by atoms with Gasteiger partial charge in [-0.15, -0.1) is 0 Å². The summed E-state index contributed by atoms with van der Waals surface area (Å²) >= 11 is 8.31. The van der Waals surface area contributed by atoms with Crippen molar-refractivity contribution in [3.05, 3.63) is 48.0 Å². The second-order valence-corrected chi connectivity index (χ2v) is 9.41. The molecule has 162 valence electrons. The fourth-order valence-electron chi connectivity index (χ4n) is 4.55. The van der Waals surface area contributed by atoms with Gasteiger partial charge in [-0.2, -0.15) is 9.47 Å². The fourth-order valence-corrected chi connectivity index (χ4v) is 5.64. The number of rotatable bonds is 3. The maximum absolute atomic E-state index is 9.80. The lowest BCUT2D eigenvalue weighted by atomic mass is 9.93. The minimum absolute atomic E-state index is 0.201. The number of nitrogens with two attached hydrogens (primary N) is 1. The molecule has 1 aliphatic carbocycles. The summed E-state index contributed by atoms with van der Waals surface area (Å²) in [5, 5.41) is 16.7. The van der Waals surface area contributed by atoms with E-state index in [1.807, 2.05) is 41.5 Å². The number of aliphatic hydroxyl groups is 1. The van der Waals surface area contributed by atoms with E-state index in [-0.39, 0.29) is 12.1 Å². The van der Waals surface area contributed by atoms with Gasteiger partial charge in [0, 0.05) is 40.7 Å². The van der Waals surface area contributed by atoms with Crippen LogP contribution in [0.15, 0.2) is 47.4 Å². The van der Waals surface area contributed by atoms with Crippen molar-refractivity contribution in [3.63, 3.8) is 0 Å². The molecule has 4 aromatic heterocycles. The van der Waals surface area contributed by atoms with E-state index in [1.54, 1.807) is 6.20 Å². The predicted octanol–water partition coefficient (Wildman–Crippen LogP) is 5.68. The maximum Gasteiger partial charge on any atom is 0.179 e. The van der Waals surface area contributed by atoms with Crippen LogP contribution in [-0.4, -0.2) is 30.3 Å². The van der Waals surface area contributed by atoms with Crippen LogP contribution >= 0.6 is 23.1 Å². The number of hydrogen-bond donors (Lipinski definition) is 2. The van der Waals surface area contributed by atoms with Gasteiger partial charge >= 0.3 is 0 Å². The van der Waals surface area contributed by atoms with Gasteiger partial charge in [-0.3, -0.25) is 4.68 Å². The van der Waals surface area contributed by atoms with Gasteiger partial charge in [0.05, 0.1) is 33.5 Å². The number of furan rings is 1. The molecular formula is C23H20ClN5O2S. The number of aromatic nitrogens is 4. The van der Waals surface area contributed by atoms with Crippen LogP contribution in [0.5, 0.6) is 0 Å². The minimum Gasteiger partial charge on any atom is -0.450 e. The molecule has 1 saturated carbocycles. The quantitative estimate of drug-likeness (QED) is 0.355. The Morgan fingerprint density at radius 1 is 1.12 bits per heavy atom. The number of nitrogens with zero attached hydrogens (tertiary/aromatic N) is 4. The lowest BCUT2D eigenvalue weighted by Crippen LogP contribution is -2.21. The minimum atomic E-state index is -0.201. The van der Waals surface area contributed by atoms with Gasteiger partial charge in [-0.25, -0.2) is 4.98 Å². The van der Waals surface area contributed by atoms with Crippen molar-refractivity contribution in [1.82, 2.24) is 19.1 Å². The highest BCUT2D eigenvalue weighted by Gasteiger charge is 2.25. The van der Waals surface area contributed by atoms with Crippen LogP contribution in [-0.2, 0) is 0 Å². The predicted molar refractivity (Wildman–Crippen MR) is 127 cm³/mol. The normalized spacial score (nSPS) is 19.2. The van der Waals surface area contributed by atoms with Crippen LogP contribution in [0.2, 0.25) is 5.02 Å². The van der Waals surface area contributed by atoms with E-state index in [0.29, 0.717) is 22.2 Å². The zero-order chi connectivity index (χ0) is 21.8. The van der Waals surface area contributed by atoms with Crippen molar-refractivity contribution in [2.75, 3.05) is 5.73 Å². The molecule has 5 aromatic rings. The average molecular weight is 466 g/mol. The summed E-state index contributed by atoms with van der Waals surface area (Å²) in [6.07, 6.45) is 10.6. The lowest BCUT2D eigenvalue weighted by molar-refractivity contribution is 0.108. The van der Waals surface area contributed by atoms with Crippen LogP contribution in [0.3, 0.4) is 0 Å². The standard InChI is InChI=1S/C23H20ClN5O2S/c24-19-18-17(13-8-27-29(11-13)14-4-6-15(30)7-5-14)10-26-23(25)21(18)31-20(19)16-3-1-2-12-9-28-32-22(12)16/h1-3,8-11,14-15,30H,4-7H2,(H2,25,26). The van der Waals surface area contributed by atoms with Crippen LogP contribution < -0.4 is 5.73 Å². The number of pyridine rings is 1. The molecule has 0 atom stereocenters. The summed E-state index contributed by atoms with van der Waals surface area (Å²) in [5.41, 5.74) is 9.25. The van der Waals surface area contributed by atoms with Gasteiger partial charge in [0.15, 0.2) is 17.2 Å². The van der Waals surface area contributed by atoms with Gasteiger partial charge in [0.2, 0.25) is 0 Å². The molecule has 9 heteroatoms. The first-order valence-electron chi connectivity index (χ1n) is 10.5. The lowest BCUT2D eigenvalue weighted by Gasteiger charge is -2.25. The number of aliphatic hydroxyl groups excluding tert-OH is 1. The molecule has 6 rings (SSSR count). The second kappa shape index (κ2) is 7.58. The Morgan fingerprint density at radius 2 is 1.97 bits per heavy atom. The molecule has 0 aliphatic heterocycles. The first-order chi connectivity index (χ1) is 15.6. The first-order valence-corrected chi connectivity index (χ1v) is 11.7. The monoisotopic (exact) mass is 465 g/mol. The largest absolute Gasteiger partial charge is 0.450 e. The third-order valence-corrected chi connectivity index (χ3v) is 7.47. The van der Waals surface area contributed by atoms with Gasteiger partial charge in [-0.05, 0) is 43.3 Å². The number of benzene rings is 1. The van der Waals surface area contributed by atoms with Crippen molar-refractivity contribution in [2.45, 2.75) is 37.8 Å². The van der Waals surface area contributed by atoms with E-state index in [4.69, 9.17) is 21.8 Å². The Hall–Kier alpha value is -2.94. The highest BCUT2D eigenvalue weighted by atomic mass is 35.5. The highest BCUT2D eigenvalue weighted by molar-refractivity contribution is 7.13. The molecule has 3 N–H and O–H groups in total. The molecule has 32 heavy (non-hydrogen) atoms. The first kappa shape index (κ1) is 19.7. The number of halogens is 1. The van der Waals surface area contributed by atoms with E-state index in [0.717, 1.165) is 57.8 Å². The van der Waals surface area contributed by atoms with E-state index in [9.17, 15) is 5.11 Å². The van der Waals surface area contributed by atoms with E-state index in [2.05, 4.69) is 14.5 Å². The van der Waals surface area contributed by atoms with Gasteiger partial charge < -0.3 is 15.3 Å². The van der Waals surface area contributed by atoms with Crippen molar-refractivity contribution in [3.8, 4) is 22.5 Å². The molecule has 0 radical (unpaired) electrons. The molecule has 0 unspecified atom stereocenters. The summed E-state index contributed by atoms with van der Waals surface area (Å²) < 4.78 is 13.5. The van der Waals surface area contributed by atoms with E-state index in [1.165, 1.54) is 11.5 Å². The molecular weight excluding hydrogens is 446 g/mol. The van der Waals surface area contributed by atoms with Crippen molar-refractivity contribution >= 4 is 50.0 Å². The van der Waals surface area contributed by atoms with Gasteiger partial charge in [0.25, 0.3) is 0 Å². The molecule has 0 bridgehead atoms. The van der Waals surface area contributed by atoms with Crippen LogP contribution in [0.4, 0.5) is 5.82 Å². The maximum atomic E-state index is 9.80. The third kappa shape index (κ3) is 3.09. The molecule has 1 aliphatic rings. The summed E-state index contributed by atoms with van der Waals surface area (Å²) in [7, 11) is 0. The SMILES string of the molecule is Nc1ncc(-c2cnn(C3CCC(O)CC3)c2)c2c(Cl)c(-c3cccc4cnsc34)oc12. The summed E-state index contributed by atoms with van der Waals surface area (Å²) in [6, 6.07) is 6.23. The van der Waals surface area contributed by atoms with Crippen LogP contribution in [0.25, 0.3) is 43.5 Å². The topological polar surface area (TPSA) is 103 Å². The zero-order valence-corrected chi connectivity index (χ0v) is 18.6. The van der Waals surface area contributed by atoms with Crippen LogP contribution in [0.1, 0.15) is 31.7 Å². The Morgan fingerprint density at radius 3 is 2.81 bits per heavy atom. The Bertz CT molecular complexity index is 1450. The highest BCUT2D eigenvalue weighted by Crippen LogP contribution is 2.45. The molecule has 4 heterocycles. The molecule has 0 saturated heterocycles. The summed E-state index contributed by atoms with van der Waals surface area (Å²) in [4.78, 5) is 4.36. The van der Waals surface area contributed by atoms with Crippen molar-refractivity contribution < 1.29 is 9.52 Å². The number of hydrogen-bond acceptors (Lipinski definition) is 7. The van der Waals surface area contributed by atoms with Crippen molar-refractivity contribution in [2.24, 2.45) is 0 Å². The molecule has 1 fully saturated rings. The molecule has 7 nitrogen and oxygen atoms in total. The Kier molecular flexibility index (Phi) is 4.67. The number of anilines is 1. The Labute approximate surface area is 192 Å².